The Balaban J connectivity index is 2.11. The predicted octanol–water partition coefficient (Wildman–Crippen LogP) is 2.98. The predicted molar refractivity (Wildman–Crippen MR) is 82.0 cm³/mol. The molecule has 0 radical (unpaired) electrons. The van der Waals surface area contributed by atoms with E-state index in [0.29, 0.717) is 29.9 Å². The fourth-order valence-corrected chi connectivity index (χ4v) is 2.30. The van der Waals surface area contributed by atoms with Gasteiger partial charge in [0.1, 0.15) is 0 Å². The standard InChI is InChI=1S/C15H20ClN3O2/c1-4-19(10-15(2,3)20)9-13-17-18-14(21-13)11-7-5-6-8-12(11)16/h5-8,20H,4,9-10H2,1-3H3. The van der Waals surface area contributed by atoms with Gasteiger partial charge in [0.15, 0.2) is 0 Å². The zero-order chi connectivity index (χ0) is 15.5. The Morgan fingerprint density at radius 1 is 1.29 bits per heavy atom. The van der Waals surface area contributed by atoms with Gasteiger partial charge >= 0.3 is 0 Å². The van der Waals surface area contributed by atoms with Crippen LogP contribution in [-0.2, 0) is 6.54 Å². The first-order chi connectivity index (χ1) is 9.89. The van der Waals surface area contributed by atoms with E-state index in [4.69, 9.17) is 16.0 Å². The van der Waals surface area contributed by atoms with Crippen LogP contribution in [0.3, 0.4) is 0 Å². The van der Waals surface area contributed by atoms with Crippen molar-refractivity contribution in [1.29, 1.82) is 0 Å². The molecule has 0 unspecified atom stereocenters. The third-order valence-corrected chi connectivity index (χ3v) is 3.32. The van der Waals surface area contributed by atoms with Crippen LogP contribution in [0.5, 0.6) is 0 Å². The number of hydrogen-bond donors (Lipinski definition) is 1. The molecule has 0 spiro atoms. The van der Waals surface area contributed by atoms with Crippen molar-refractivity contribution in [2.24, 2.45) is 0 Å². The Morgan fingerprint density at radius 2 is 2.00 bits per heavy atom. The van der Waals surface area contributed by atoms with E-state index in [9.17, 15) is 5.11 Å². The second-order valence-corrected chi connectivity index (χ2v) is 6.00. The summed E-state index contributed by atoms with van der Waals surface area (Å²) < 4.78 is 5.67. The molecular formula is C15H20ClN3O2. The molecule has 1 aromatic carbocycles. The number of hydrogen-bond acceptors (Lipinski definition) is 5. The van der Waals surface area contributed by atoms with Crippen molar-refractivity contribution < 1.29 is 9.52 Å². The van der Waals surface area contributed by atoms with E-state index in [1.807, 2.05) is 30.0 Å². The van der Waals surface area contributed by atoms with E-state index in [1.54, 1.807) is 19.9 Å². The summed E-state index contributed by atoms with van der Waals surface area (Å²) in [5, 5.41) is 18.6. The van der Waals surface area contributed by atoms with Crippen LogP contribution in [0.2, 0.25) is 5.02 Å². The minimum Gasteiger partial charge on any atom is -0.419 e. The van der Waals surface area contributed by atoms with Crippen LogP contribution < -0.4 is 0 Å². The maximum absolute atomic E-state index is 9.89. The summed E-state index contributed by atoms with van der Waals surface area (Å²) in [6, 6.07) is 7.35. The van der Waals surface area contributed by atoms with Crippen molar-refractivity contribution in [2.75, 3.05) is 13.1 Å². The molecule has 1 aromatic heterocycles. The highest BCUT2D eigenvalue weighted by atomic mass is 35.5. The van der Waals surface area contributed by atoms with Crippen molar-refractivity contribution in [3.63, 3.8) is 0 Å². The summed E-state index contributed by atoms with van der Waals surface area (Å²) in [5.74, 6) is 0.922. The van der Waals surface area contributed by atoms with E-state index in [-0.39, 0.29) is 0 Å². The third kappa shape index (κ3) is 4.52. The summed E-state index contributed by atoms with van der Waals surface area (Å²) in [6.45, 7) is 7.40. The van der Waals surface area contributed by atoms with Crippen molar-refractivity contribution in [1.82, 2.24) is 15.1 Å². The summed E-state index contributed by atoms with van der Waals surface area (Å²) >= 11 is 6.12. The van der Waals surface area contributed by atoms with Gasteiger partial charge in [0, 0.05) is 6.54 Å². The Morgan fingerprint density at radius 3 is 2.62 bits per heavy atom. The number of aliphatic hydroxyl groups is 1. The van der Waals surface area contributed by atoms with Gasteiger partial charge in [-0.25, -0.2) is 0 Å². The molecule has 0 aliphatic rings. The molecule has 1 N–H and O–H groups in total. The van der Waals surface area contributed by atoms with E-state index < -0.39 is 5.60 Å². The van der Waals surface area contributed by atoms with Crippen molar-refractivity contribution >= 4 is 11.6 Å². The molecule has 0 aliphatic carbocycles. The average Bonchev–Trinajstić information content (AvgIpc) is 2.85. The molecule has 0 saturated carbocycles. The second-order valence-electron chi connectivity index (χ2n) is 5.60. The summed E-state index contributed by atoms with van der Waals surface area (Å²) in [5.41, 5.74) is -0.0369. The number of benzene rings is 1. The van der Waals surface area contributed by atoms with E-state index >= 15 is 0 Å². The first-order valence-corrected chi connectivity index (χ1v) is 7.29. The molecule has 114 valence electrons. The summed E-state index contributed by atoms with van der Waals surface area (Å²) in [7, 11) is 0. The number of nitrogens with zero attached hydrogens (tertiary/aromatic N) is 3. The largest absolute Gasteiger partial charge is 0.419 e. The Hall–Kier alpha value is -1.43. The topological polar surface area (TPSA) is 62.4 Å². The smallest absolute Gasteiger partial charge is 0.249 e. The molecule has 0 saturated heterocycles. The van der Waals surface area contributed by atoms with Crippen LogP contribution in [-0.4, -0.2) is 38.9 Å². The third-order valence-electron chi connectivity index (χ3n) is 2.99. The minimum absolute atomic E-state index is 0.412. The van der Waals surface area contributed by atoms with E-state index in [2.05, 4.69) is 10.2 Å². The maximum atomic E-state index is 9.89. The van der Waals surface area contributed by atoms with Crippen LogP contribution >= 0.6 is 11.6 Å². The fraction of sp³-hybridized carbons (Fsp3) is 0.467. The molecule has 6 heteroatoms. The molecule has 0 fully saturated rings. The lowest BCUT2D eigenvalue weighted by atomic mass is 10.1. The molecule has 0 aliphatic heterocycles. The SMILES string of the molecule is CCN(Cc1nnc(-c2ccccc2Cl)o1)CC(C)(C)O. The maximum Gasteiger partial charge on any atom is 0.249 e. The molecule has 0 amide bonds. The van der Waals surface area contributed by atoms with Crippen LogP contribution in [0, 0.1) is 0 Å². The molecule has 0 atom stereocenters. The van der Waals surface area contributed by atoms with Gasteiger partial charge in [0.05, 0.1) is 22.7 Å². The quantitative estimate of drug-likeness (QED) is 0.889. The van der Waals surface area contributed by atoms with Crippen molar-refractivity contribution in [2.45, 2.75) is 32.9 Å². The van der Waals surface area contributed by atoms with Gasteiger partial charge in [-0.05, 0) is 32.5 Å². The van der Waals surface area contributed by atoms with Gasteiger partial charge < -0.3 is 9.52 Å². The zero-order valence-corrected chi connectivity index (χ0v) is 13.3. The summed E-state index contributed by atoms with van der Waals surface area (Å²) in [4.78, 5) is 2.05. The highest BCUT2D eigenvalue weighted by molar-refractivity contribution is 6.33. The molecule has 0 bridgehead atoms. The van der Waals surface area contributed by atoms with E-state index in [1.165, 1.54) is 0 Å². The van der Waals surface area contributed by atoms with Crippen LogP contribution in [0.15, 0.2) is 28.7 Å². The number of halogens is 1. The van der Waals surface area contributed by atoms with Crippen LogP contribution in [0.1, 0.15) is 26.7 Å². The molecule has 2 rings (SSSR count). The number of likely N-dealkylation sites (N-methyl/N-ethyl adjacent to an activating group) is 1. The lowest BCUT2D eigenvalue weighted by Gasteiger charge is -2.26. The Labute approximate surface area is 129 Å². The molecule has 21 heavy (non-hydrogen) atoms. The summed E-state index contributed by atoms with van der Waals surface area (Å²) in [6.07, 6.45) is 0. The van der Waals surface area contributed by atoms with Gasteiger partial charge in [-0.1, -0.05) is 30.7 Å². The molecule has 5 nitrogen and oxygen atoms in total. The number of aromatic nitrogens is 2. The molecule has 2 aromatic rings. The second kappa shape index (κ2) is 6.56. The van der Waals surface area contributed by atoms with Gasteiger partial charge in [0.2, 0.25) is 11.8 Å². The Kier molecular flexibility index (Phi) is 4.98. The fourth-order valence-electron chi connectivity index (χ4n) is 2.08. The van der Waals surface area contributed by atoms with Gasteiger partial charge in [-0.2, -0.15) is 0 Å². The normalized spacial score (nSPS) is 12.1. The first kappa shape index (κ1) is 15.9. The van der Waals surface area contributed by atoms with Gasteiger partial charge in [0.25, 0.3) is 0 Å². The number of rotatable bonds is 6. The highest BCUT2D eigenvalue weighted by Gasteiger charge is 2.19. The zero-order valence-electron chi connectivity index (χ0n) is 12.5. The first-order valence-electron chi connectivity index (χ1n) is 6.91. The Bertz CT molecular complexity index is 593. The minimum atomic E-state index is -0.762. The monoisotopic (exact) mass is 309 g/mol. The van der Waals surface area contributed by atoms with Crippen molar-refractivity contribution in [3.8, 4) is 11.5 Å². The van der Waals surface area contributed by atoms with Gasteiger partial charge in [-0.15, -0.1) is 10.2 Å². The van der Waals surface area contributed by atoms with Crippen LogP contribution in [0.25, 0.3) is 11.5 Å². The lowest BCUT2D eigenvalue weighted by molar-refractivity contribution is 0.0329. The molecular weight excluding hydrogens is 290 g/mol. The average molecular weight is 310 g/mol. The van der Waals surface area contributed by atoms with Crippen LogP contribution in [0.4, 0.5) is 0 Å². The molecule has 1 heterocycles. The highest BCUT2D eigenvalue weighted by Crippen LogP contribution is 2.26. The van der Waals surface area contributed by atoms with Crippen molar-refractivity contribution in [3.05, 3.63) is 35.2 Å². The van der Waals surface area contributed by atoms with E-state index in [0.717, 1.165) is 12.1 Å². The lowest BCUT2D eigenvalue weighted by Crippen LogP contribution is -2.38. The van der Waals surface area contributed by atoms with Gasteiger partial charge in [-0.3, -0.25) is 4.90 Å².